The summed E-state index contributed by atoms with van der Waals surface area (Å²) in [6.07, 6.45) is 2.35. The van der Waals surface area contributed by atoms with Gasteiger partial charge in [-0.3, -0.25) is 9.10 Å². The molecule has 4 aromatic rings. The molecule has 10 nitrogen and oxygen atoms in total. The number of ether oxygens (including phenoxy) is 4. The maximum atomic E-state index is 13.7. The smallest absolute Gasteiger partial charge is 0.339 e. The van der Waals surface area contributed by atoms with E-state index in [9.17, 15) is 22.4 Å². The average molecular weight is 696 g/mol. The van der Waals surface area contributed by atoms with Crippen LogP contribution in [0.1, 0.15) is 66.6 Å². The third-order valence-electron chi connectivity index (χ3n) is 8.16. The van der Waals surface area contributed by atoms with Crippen molar-refractivity contribution >= 4 is 38.4 Å². The highest BCUT2D eigenvalue weighted by atomic mass is 32.2. The molecule has 1 aliphatic rings. The lowest BCUT2D eigenvalue weighted by molar-refractivity contribution is -0.158. The highest BCUT2D eigenvalue weighted by molar-refractivity contribution is 7.92. The summed E-state index contributed by atoms with van der Waals surface area (Å²) in [6, 6.07) is 18.4. The van der Waals surface area contributed by atoms with Crippen LogP contribution in [0.4, 0.5) is 10.1 Å². The molecule has 3 aromatic carbocycles. The number of rotatable bonds is 19. The second kappa shape index (κ2) is 16.5. The summed E-state index contributed by atoms with van der Waals surface area (Å²) >= 11 is 0. The third kappa shape index (κ3) is 9.13. The molecular formula is C37H42FNO9S. The van der Waals surface area contributed by atoms with Gasteiger partial charge < -0.3 is 23.4 Å². The molecule has 12 heteroatoms. The van der Waals surface area contributed by atoms with Crippen LogP contribution in [0.3, 0.4) is 0 Å². The van der Waals surface area contributed by atoms with Crippen LogP contribution in [0.25, 0.3) is 22.3 Å². The fourth-order valence-electron chi connectivity index (χ4n) is 5.65. The minimum Gasteiger partial charge on any atom is -0.464 e. The van der Waals surface area contributed by atoms with E-state index in [1.807, 2.05) is 24.3 Å². The molecule has 1 fully saturated rings. The lowest BCUT2D eigenvalue weighted by Crippen LogP contribution is -2.34. The molecule has 0 amide bonds. The minimum absolute atomic E-state index is 0.0533. The topological polar surface area (TPSA) is 122 Å². The molecular weight excluding hydrogens is 653 g/mol. The van der Waals surface area contributed by atoms with Crippen LogP contribution >= 0.6 is 0 Å². The highest BCUT2D eigenvalue weighted by Gasteiger charge is 2.33. The van der Waals surface area contributed by atoms with E-state index in [2.05, 4.69) is 0 Å². The zero-order chi connectivity index (χ0) is 35.0. The van der Waals surface area contributed by atoms with Crippen LogP contribution < -0.4 is 4.31 Å². The van der Waals surface area contributed by atoms with Gasteiger partial charge in [0, 0.05) is 23.4 Å². The van der Waals surface area contributed by atoms with E-state index in [4.69, 9.17) is 23.4 Å². The van der Waals surface area contributed by atoms with Gasteiger partial charge in [-0.25, -0.2) is 17.6 Å². The van der Waals surface area contributed by atoms with E-state index in [1.165, 1.54) is 16.4 Å². The van der Waals surface area contributed by atoms with E-state index in [0.717, 1.165) is 24.7 Å². The van der Waals surface area contributed by atoms with Crippen molar-refractivity contribution in [2.24, 2.45) is 0 Å². The summed E-state index contributed by atoms with van der Waals surface area (Å²) in [5, 5.41) is 0.611. The average Bonchev–Trinajstić information content (AvgIpc) is 3.87. The largest absolute Gasteiger partial charge is 0.464 e. The Morgan fingerprint density at radius 1 is 0.939 bits per heavy atom. The van der Waals surface area contributed by atoms with Crippen molar-refractivity contribution in [1.29, 1.82) is 0 Å². The molecule has 1 aliphatic carbocycles. The van der Waals surface area contributed by atoms with Gasteiger partial charge in [0.15, 0.2) is 11.9 Å². The first-order valence-electron chi connectivity index (χ1n) is 16.5. The third-order valence-corrected chi connectivity index (χ3v) is 9.34. The zero-order valence-corrected chi connectivity index (χ0v) is 28.8. The maximum Gasteiger partial charge on any atom is 0.339 e. The molecule has 0 bridgehead atoms. The lowest BCUT2D eigenvalue weighted by atomic mass is 9.97. The molecule has 1 aromatic heterocycles. The van der Waals surface area contributed by atoms with Crippen molar-refractivity contribution < 1.29 is 45.8 Å². The molecule has 0 spiro atoms. The van der Waals surface area contributed by atoms with Crippen LogP contribution in [-0.4, -0.2) is 72.6 Å². The standard InChI is InChI=1S/C37H42FNO9S/c1-4-32(40)34-30-23-29(25-11-12-25)31(24-33(30)48-35(34)27-13-15-28(38)16-14-27)39(49(3,42)43)17-18-44-19-20-45-21-22-47-36(37(41)46-5-2)26-9-7-6-8-10-26/h6-10,13-16,23-25,36H,4-5,11-12,17-22H2,1-3H3. The Bertz CT molecular complexity index is 1840. The number of nitrogens with zero attached hydrogens (tertiary/aromatic N) is 1. The van der Waals surface area contributed by atoms with Gasteiger partial charge in [0.2, 0.25) is 10.0 Å². The molecule has 1 heterocycles. The number of fused-ring (bicyclic) bond motifs is 1. The molecule has 262 valence electrons. The fraction of sp³-hybridized carbons (Fsp3) is 0.405. The quantitative estimate of drug-likeness (QED) is 0.0590. The maximum absolute atomic E-state index is 13.7. The Balaban J connectivity index is 1.22. The number of Topliss-reactive ketones (excluding diaryl/α,β-unsaturated/α-hetero) is 1. The summed E-state index contributed by atoms with van der Waals surface area (Å²) in [5.41, 5.74) is 3.35. The van der Waals surface area contributed by atoms with E-state index >= 15 is 0 Å². The van der Waals surface area contributed by atoms with Crippen LogP contribution in [-0.2, 0) is 33.8 Å². The van der Waals surface area contributed by atoms with E-state index in [1.54, 1.807) is 44.2 Å². The molecule has 0 radical (unpaired) electrons. The molecule has 49 heavy (non-hydrogen) atoms. The molecule has 1 saturated carbocycles. The van der Waals surface area contributed by atoms with Crippen molar-refractivity contribution in [3.05, 3.63) is 89.2 Å². The monoisotopic (exact) mass is 695 g/mol. The van der Waals surface area contributed by atoms with Gasteiger partial charge in [0.05, 0.1) is 63.7 Å². The van der Waals surface area contributed by atoms with Crippen molar-refractivity contribution in [1.82, 2.24) is 0 Å². The highest BCUT2D eigenvalue weighted by Crippen LogP contribution is 2.48. The minimum atomic E-state index is -3.73. The number of halogens is 1. The number of sulfonamides is 1. The predicted octanol–water partition coefficient (Wildman–Crippen LogP) is 6.83. The molecule has 0 N–H and O–H groups in total. The van der Waals surface area contributed by atoms with E-state index < -0.39 is 27.9 Å². The van der Waals surface area contributed by atoms with Gasteiger partial charge in [-0.2, -0.15) is 0 Å². The van der Waals surface area contributed by atoms with E-state index in [0.29, 0.717) is 39.1 Å². The SMILES string of the molecule is CCOC(=O)C(OCCOCCOCCN(c1cc2oc(-c3ccc(F)cc3)c(C(=O)CC)c2cc1C1CC1)S(C)(=O)=O)c1ccccc1. The van der Waals surface area contributed by atoms with Crippen molar-refractivity contribution in [3.63, 3.8) is 0 Å². The first kappa shape index (κ1) is 36.2. The Hall–Kier alpha value is -4.10. The summed E-state index contributed by atoms with van der Waals surface area (Å²) in [6.45, 7) is 4.74. The van der Waals surface area contributed by atoms with Gasteiger partial charge in [-0.1, -0.05) is 37.3 Å². The number of ketones is 1. The number of hydrogen-bond donors (Lipinski definition) is 0. The second-order valence-corrected chi connectivity index (χ2v) is 13.7. The molecule has 1 unspecified atom stereocenters. The first-order chi connectivity index (χ1) is 23.6. The van der Waals surface area contributed by atoms with Gasteiger partial charge >= 0.3 is 5.97 Å². The fourth-order valence-corrected chi connectivity index (χ4v) is 6.57. The van der Waals surface area contributed by atoms with Gasteiger partial charge in [-0.05, 0) is 67.1 Å². The molecule has 0 saturated heterocycles. The summed E-state index contributed by atoms with van der Waals surface area (Å²) in [7, 11) is -3.73. The second-order valence-electron chi connectivity index (χ2n) is 11.7. The molecule has 1 atom stereocenters. The Labute approximate surface area is 286 Å². The summed E-state index contributed by atoms with van der Waals surface area (Å²) in [5.74, 6) is -0.510. The normalized spacial score (nSPS) is 13.8. The van der Waals surface area contributed by atoms with Crippen LogP contribution in [0.15, 0.2) is 71.1 Å². The van der Waals surface area contributed by atoms with Gasteiger partial charge in [0.1, 0.15) is 17.2 Å². The molecule has 5 rings (SSSR count). The van der Waals surface area contributed by atoms with E-state index in [-0.39, 0.29) is 64.3 Å². The Morgan fingerprint density at radius 2 is 1.61 bits per heavy atom. The summed E-state index contributed by atoms with van der Waals surface area (Å²) < 4.78 is 69.7. The number of benzene rings is 3. The number of carbonyl (C=O) groups is 2. The molecule has 0 aliphatic heterocycles. The zero-order valence-electron chi connectivity index (χ0n) is 28.0. The number of esters is 1. The van der Waals surface area contributed by atoms with Gasteiger partial charge in [0.25, 0.3) is 0 Å². The predicted molar refractivity (Wildman–Crippen MR) is 184 cm³/mol. The van der Waals surface area contributed by atoms with Crippen LogP contribution in [0.5, 0.6) is 0 Å². The van der Waals surface area contributed by atoms with Gasteiger partial charge in [-0.15, -0.1) is 0 Å². The Kier molecular flexibility index (Phi) is 12.2. The summed E-state index contributed by atoms with van der Waals surface area (Å²) in [4.78, 5) is 25.5. The number of furan rings is 1. The number of carbonyl (C=O) groups excluding carboxylic acids is 2. The van der Waals surface area contributed by atoms with Crippen molar-refractivity contribution in [2.45, 2.75) is 45.1 Å². The number of hydrogen-bond acceptors (Lipinski definition) is 9. The van der Waals surface area contributed by atoms with Crippen molar-refractivity contribution in [2.75, 3.05) is 56.7 Å². The Morgan fingerprint density at radius 3 is 2.24 bits per heavy atom. The van der Waals surface area contributed by atoms with Crippen molar-refractivity contribution in [3.8, 4) is 11.3 Å². The van der Waals surface area contributed by atoms with Crippen LogP contribution in [0.2, 0.25) is 0 Å². The number of anilines is 1. The van der Waals surface area contributed by atoms with Crippen LogP contribution in [0, 0.1) is 5.82 Å². The lowest BCUT2D eigenvalue weighted by Gasteiger charge is -2.25. The first-order valence-corrected chi connectivity index (χ1v) is 18.3.